The first kappa shape index (κ1) is 18.9. The number of esters is 1. The molecule has 3 amide bonds. The monoisotopic (exact) mass is 392 g/mol. The van der Waals surface area contributed by atoms with Gasteiger partial charge < -0.3 is 10.1 Å². The number of ketones is 1. The second kappa shape index (κ2) is 7.16. The van der Waals surface area contributed by atoms with E-state index in [1.54, 1.807) is 43.3 Å². The number of hydrogen-bond acceptors (Lipinski definition) is 5. The van der Waals surface area contributed by atoms with E-state index >= 15 is 0 Å². The second-order valence-corrected chi connectivity index (χ2v) is 7.49. The molecule has 1 aliphatic heterocycles. The Bertz CT molecular complexity index is 982. The van der Waals surface area contributed by atoms with Crippen molar-refractivity contribution in [2.75, 3.05) is 6.54 Å². The van der Waals surface area contributed by atoms with Crippen LogP contribution in [0.4, 0.5) is 4.79 Å². The fraction of sp³-hybridized carbons (Fsp3) is 0.273. The van der Waals surface area contributed by atoms with Crippen LogP contribution in [0.25, 0.3) is 0 Å². The van der Waals surface area contributed by atoms with Crippen molar-refractivity contribution >= 4 is 23.7 Å². The summed E-state index contributed by atoms with van der Waals surface area (Å²) in [6, 6.07) is 14.4. The van der Waals surface area contributed by atoms with E-state index in [-0.39, 0.29) is 17.5 Å². The highest BCUT2D eigenvalue weighted by Gasteiger charge is 2.56. The zero-order chi connectivity index (χ0) is 20.6. The maximum Gasteiger partial charge on any atom is 0.331 e. The van der Waals surface area contributed by atoms with E-state index in [1.165, 1.54) is 12.1 Å². The molecule has 0 bridgehead atoms. The average molecular weight is 392 g/mol. The van der Waals surface area contributed by atoms with E-state index in [1.807, 2.05) is 6.07 Å². The number of carbonyl (C=O) groups excluding carboxylic acids is 4. The van der Waals surface area contributed by atoms with Crippen LogP contribution in [-0.2, 0) is 9.59 Å². The molecule has 1 atom stereocenters. The number of ether oxygens (including phenoxy) is 1. The number of hydrogen-bond donors (Lipinski definition) is 1. The van der Waals surface area contributed by atoms with E-state index in [2.05, 4.69) is 5.32 Å². The van der Waals surface area contributed by atoms with Crippen LogP contribution in [0.15, 0.2) is 54.6 Å². The molecule has 7 nitrogen and oxygen atoms in total. The van der Waals surface area contributed by atoms with Crippen molar-refractivity contribution in [3.05, 3.63) is 65.7 Å². The lowest BCUT2D eigenvalue weighted by Gasteiger charge is -2.20. The van der Waals surface area contributed by atoms with Crippen molar-refractivity contribution in [2.45, 2.75) is 25.3 Å². The highest BCUT2D eigenvalue weighted by Crippen LogP contribution is 2.42. The standard InChI is InChI=1S/C22H20N2O5/c1-22(16-9-10-16)20(27)24(21(28)23-22)13-18(25)29-17-11-7-15(8-12-17)19(26)14-5-3-2-4-6-14/h2-8,11-12,16H,9-10,13H2,1H3,(H,23,28)/t22-/m0/s1. The molecule has 2 aromatic carbocycles. The van der Waals surface area contributed by atoms with Gasteiger partial charge in [-0.1, -0.05) is 30.3 Å². The summed E-state index contributed by atoms with van der Waals surface area (Å²) in [5.41, 5.74) is 0.0939. The zero-order valence-corrected chi connectivity index (χ0v) is 15.9. The lowest BCUT2D eigenvalue weighted by Crippen LogP contribution is -2.46. The predicted octanol–water partition coefficient (Wildman–Crippen LogP) is 2.54. The van der Waals surface area contributed by atoms with Crippen LogP contribution in [0.5, 0.6) is 5.75 Å². The Hall–Kier alpha value is -3.48. The average Bonchev–Trinajstić information content (AvgIpc) is 3.55. The summed E-state index contributed by atoms with van der Waals surface area (Å²) in [5, 5.41) is 2.69. The fourth-order valence-corrected chi connectivity index (χ4v) is 3.52. The summed E-state index contributed by atoms with van der Waals surface area (Å²) in [6.45, 7) is 1.23. The molecule has 2 fully saturated rings. The molecule has 4 rings (SSSR count). The largest absolute Gasteiger partial charge is 0.425 e. The molecule has 1 saturated carbocycles. The number of rotatable bonds is 6. The number of urea groups is 1. The van der Waals surface area contributed by atoms with E-state index in [0.717, 1.165) is 17.7 Å². The fourth-order valence-electron chi connectivity index (χ4n) is 3.52. The summed E-state index contributed by atoms with van der Waals surface area (Å²) >= 11 is 0. The van der Waals surface area contributed by atoms with E-state index in [4.69, 9.17) is 4.74 Å². The minimum atomic E-state index is -0.934. The molecule has 2 aromatic rings. The maximum absolute atomic E-state index is 12.6. The summed E-state index contributed by atoms with van der Waals surface area (Å²) in [4.78, 5) is 50.2. The lowest BCUT2D eigenvalue weighted by molar-refractivity contribution is -0.141. The Labute approximate surface area is 167 Å². The first-order chi connectivity index (χ1) is 13.9. The van der Waals surface area contributed by atoms with Crippen molar-refractivity contribution in [3.63, 3.8) is 0 Å². The van der Waals surface area contributed by atoms with Gasteiger partial charge in [0.15, 0.2) is 5.78 Å². The van der Waals surface area contributed by atoms with Crippen LogP contribution in [-0.4, -0.2) is 40.7 Å². The van der Waals surface area contributed by atoms with Crippen LogP contribution in [0.1, 0.15) is 35.7 Å². The van der Waals surface area contributed by atoms with Gasteiger partial charge in [0, 0.05) is 11.1 Å². The highest BCUT2D eigenvalue weighted by molar-refractivity contribution is 6.09. The van der Waals surface area contributed by atoms with E-state index < -0.39 is 30.0 Å². The normalized spacial score (nSPS) is 21.1. The number of nitrogens with one attached hydrogen (secondary N) is 1. The molecule has 2 aliphatic rings. The molecule has 29 heavy (non-hydrogen) atoms. The summed E-state index contributed by atoms with van der Waals surface area (Å²) in [7, 11) is 0. The Kier molecular flexibility index (Phi) is 4.66. The Morgan fingerprint density at radius 1 is 1.03 bits per heavy atom. The van der Waals surface area contributed by atoms with Gasteiger partial charge in [-0.05, 0) is 49.9 Å². The molecular formula is C22H20N2O5. The molecule has 0 radical (unpaired) electrons. The number of benzene rings is 2. The molecule has 7 heteroatoms. The minimum Gasteiger partial charge on any atom is -0.425 e. The van der Waals surface area contributed by atoms with Gasteiger partial charge in [-0.2, -0.15) is 0 Å². The Balaban J connectivity index is 1.38. The predicted molar refractivity (Wildman–Crippen MR) is 103 cm³/mol. The smallest absolute Gasteiger partial charge is 0.331 e. The van der Waals surface area contributed by atoms with Crippen molar-refractivity contribution < 1.29 is 23.9 Å². The molecule has 1 heterocycles. The van der Waals surface area contributed by atoms with E-state index in [0.29, 0.717) is 11.1 Å². The zero-order valence-electron chi connectivity index (χ0n) is 15.9. The summed E-state index contributed by atoms with van der Waals surface area (Å²) in [5.74, 6) is -0.908. The van der Waals surface area contributed by atoms with Gasteiger partial charge in [0.05, 0.1) is 0 Å². The van der Waals surface area contributed by atoms with Crippen LogP contribution in [0.3, 0.4) is 0 Å². The molecule has 0 unspecified atom stereocenters. The number of imide groups is 1. The third-order valence-electron chi connectivity index (χ3n) is 5.37. The molecule has 1 aliphatic carbocycles. The lowest BCUT2D eigenvalue weighted by atomic mass is 9.96. The summed E-state index contributed by atoms with van der Waals surface area (Å²) < 4.78 is 5.23. The first-order valence-electron chi connectivity index (χ1n) is 9.43. The van der Waals surface area contributed by atoms with Gasteiger partial charge in [-0.15, -0.1) is 0 Å². The van der Waals surface area contributed by atoms with Gasteiger partial charge in [-0.25, -0.2) is 9.59 Å². The highest BCUT2D eigenvalue weighted by atomic mass is 16.5. The third-order valence-corrected chi connectivity index (χ3v) is 5.37. The van der Waals surface area contributed by atoms with Crippen LogP contribution < -0.4 is 10.1 Å². The number of nitrogens with zero attached hydrogens (tertiary/aromatic N) is 1. The molecule has 1 saturated heterocycles. The molecular weight excluding hydrogens is 372 g/mol. The topological polar surface area (TPSA) is 92.8 Å². The quantitative estimate of drug-likeness (QED) is 0.353. The van der Waals surface area contributed by atoms with Crippen LogP contribution >= 0.6 is 0 Å². The molecule has 1 N–H and O–H groups in total. The van der Waals surface area contributed by atoms with E-state index in [9.17, 15) is 19.2 Å². The molecule has 148 valence electrons. The Morgan fingerprint density at radius 3 is 2.28 bits per heavy atom. The summed E-state index contributed by atoms with van der Waals surface area (Å²) in [6.07, 6.45) is 1.77. The number of amides is 3. The SMILES string of the molecule is C[C@@]1(C2CC2)NC(=O)N(CC(=O)Oc2ccc(C(=O)c3ccccc3)cc2)C1=O. The van der Waals surface area contributed by atoms with Gasteiger partial charge in [0.25, 0.3) is 5.91 Å². The van der Waals surface area contributed by atoms with Crippen molar-refractivity contribution in [3.8, 4) is 5.75 Å². The second-order valence-electron chi connectivity index (χ2n) is 7.49. The molecule has 0 aromatic heterocycles. The minimum absolute atomic E-state index is 0.120. The van der Waals surface area contributed by atoms with Crippen molar-refractivity contribution in [1.82, 2.24) is 10.2 Å². The van der Waals surface area contributed by atoms with Gasteiger partial charge in [0.1, 0.15) is 17.8 Å². The molecule has 0 spiro atoms. The maximum atomic E-state index is 12.6. The Morgan fingerprint density at radius 2 is 1.66 bits per heavy atom. The van der Waals surface area contributed by atoms with Gasteiger partial charge in [-0.3, -0.25) is 14.5 Å². The van der Waals surface area contributed by atoms with Crippen LogP contribution in [0.2, 0.25) is 0 Å². The van der Waals surface area contributed by atoms with Crippen molar-refractivity contribution in [1.29, 1.82) is 0 Å². The first-order valence-corrected chi connectivity index (χ1v) is 9.43. The van der Waals surface area contributed by atoms with Crippen molar-refractivity contribution in [2.24, 2.45) is 5.92 Å². The van der Waals surface area contributed by atoms with Crippen LogP contribution in [0, 0.1) is 5.92 Å². The van der Waals surface area contributed by atoms with Gasteiger partial charge in [0.2, 0.25) is 0 Å². The van der Waals surface area contributed by atoms with Gasteiger partial charge >= 0.3 is 12.0 Å². The third kappa shape index (κ3) is 3.63. The number of carbonyl (C=O) groups is 4.